The van der Waals surface area contributed by atoms with E-state index < -0.39 is 5.60 Å². The summed E-state index contributed by atoms with van der Waals surface area (Å²) in [6, 6.07) is 7.81. The fourth-order valence-corrected chi connectivity index (χ4v) is 1.19. The predicted octanol–water partition coefficient (Wildman–Crippen LogP) is 3.08. The number of hydrogen-bond donors (Lipinski definition) is 0. The normalized spacial score (nSPS) is 10.6. The van der Waals surface area contributed by atoms with Gasteiger partial charge in [-0.05, 0) is 60.7 Å². The molecule has 0 aliphatic carbocycles. The summed E-state index contributed by atoms with van der Waals surface area (Å²) in [5, 5.41) is 0. The molecule has 1 aromatic carbocycles. The number of rotatable bonds is 2. The van der Waals surface area contributed by atoms with Crippen LogP contribution in [0.1, 0.15) is 13.8 Å². The first kappa shape index (κ1) is 10.4. The van der Waals surface area contributed by atoms with Crippen LogP contribution in [-0.4, -0.2) is 5.60 Å². The van der Waals surface area contributed by atoms with Crippen molar-refractivity contribution in [3.63, 3.8) is 0 Å². The molecule has 0 unspecified atom stereocenters. The Hall–Kier alpha value is -0.690. The maximum absolute atomic E-state index is 5.57. The van der Waals surface area contributed by atoms with Gasteiger partial charge in [0, 0.05) is 3.57 Å². The second-order valence-electron chi connectivity index (χ2n) is 3.21. The van der Waals surface area contributed by atoms with E-state index >= 15 is 0 Å². The molecule has 13 heavy (non-hydrogen) atoms. The molecule has 1 nitrogen and oxygen atoms in total. The standard InChI is InChI=1S/C11H11IO/c1-4-11(2,3)13-10-7-5-9(12)6-8-10/h1,5-8H,2-3H3. The smallest absolute Gasteiger partial charge is 0.163 e. The second kappa shape index (κ2) is 4.01. The van der Waals surface area contributed by atoms with Gasteiger partial charge in [-0.2, -0.15) is 0 Å². The van der Waals surface area contributed by atoms with Crippen LogP contribution in [0, 0.1) is 15.9 Å². The van der Waals surface area contributed by atoms with Crippen LogP contribution in [0.3, 0.4) is 0 Å². The highest BCUT2D eigenvalue weighted by molar-refractivity contribution is 14.1. The lowest BCUT2D eigenvalue weighted by Gasteiger charge is -2.19. The van der Waals surface area contributed by atoms with Crippen LogP contribution >= 0.6 is 22.6 Å². The van der Waals surface area contributed by atoms with Gasteiger partial charge in [-0.15, -0.1) is 6.42 Å². The molecule has 0 aromatic heterocycles. The minimum atomic E-state index is -0.535. The summed E-state index contributed by atoms with van der Waals surface area (Å²) in [6.45, 7) is 3.73. The van der Waals surface area contributed by atoms with Crippen molar-refractivity contribution in [2.45, 2.75) is 19.4 Å². The Labute approximate surface area is 92.6 Å². The van der Waals surface area contributed by atoms with Crippen LogP contribution < -0.4 is 4.74 Å². The second-order valence-corrected chi connectivity index (χ2v) is 4.46. The van der Waals surface area contributed by atoms with Crippen LogP contribution in [0.5, 0.6) is 5.75 Å². The fraction of sp³-hybridized carbons (Fsp3) is 0.273. The maximum atomic E-state index is 5.57. The van der Waals surface area contributed by atoms with E-state index in [2.05, 4.69) is 28.5 Å². The van der Waals surface area contributed by atoms with Crippen molar-refractivity contribution in [1.29, 1.82) is 0 Å². The number of benzene rings is 1. The molecular weight excluding hydrogens is 275 g/mol. The topological polar surface area (TPSA) is 9.23 Å². The summed E-state index contributed by atoms with van der Waals surface area (Å²) < 4.78 is 6.75. The summed E-state index contributed by atoms with van der Waals surface area (Å²) in [4.78, 5) is 0. The van der Waals surface area contributed by atoms with Crippen molar-refractivity contribution in [1.82, 2.24) is 0 Å². The largest absolute Gasteiger partial charge is 0.475 e. The molecule has 2 heteroatoms. The summed E-state index contributed by atoms with van der Waals surface area (Å²) >= 11 is 2.25. The molecule has 68 valence electrons. The van der Waals surface area contributed by atoms with Crippen LogP contribution in [0.15, 0.2) is 24.3 Å². The summed E-state index contributed by atoms with van der Waals surface area (Å²) in [7, 11) is 0. The lowest BCUT2D eigenvalue weighted by Crippen LogP contribution is -2.25. The van der Waals surface area contributed by atoms with Gasteiger partial charge in [-0.1, -0.05) is 5.92 Å². The molecule has 0 aliphatic rings. The zero-order valence-electron chi connectivity index (χ0n) is 7.67. The van der Waals surface area contributed by atoms with Gasteiger partial charge in [-0.3, -0.25) is 0 Å². The third kappa shape index (κ3) is 3.27. The van der Waals surface area contributed by atoms with Crippen molar-refractivity contribution in [2.24, 2.45) is 0 Å². The Morgan fingerprint density at radius 1 is 1.31 bits per heavy atom. The van der Waals surface area contributed by atoms with Crippen molar-refractivity contribution in [3.8, 4) is 18.1 Å². The Bertz CT molecular complexity index is 319. The van der Waals surface area contributed by atoms with Gasteiger partial charge in [0.2, 0.25) is 0 Å². The molecule has 0 N–H and O–H groups in total. The third-order valence-corrected chi connectivity index (χ3v) is 2.25. The summed E-state index contributed by atoms with van der Waals surface area (Å²) in [5.74, 6) is 3.39. The molecule has 0 fully saturated rings. The van der Waals surface area contributed by atoms with E-state index in [9.17, 15) is 0 Å². The third-order valence-electron chi connectivity index (χ3n) is 1.53. The van der Waals surface area contributed by atoms with Gasteiger partial charge < -0.3 is 4.74 Å². The van der Waals surface area contributed by atoms with Gasteiger partial charge >= 0.3 is 0 Å². The van der Waals surface area contributed by atoms with E-state index in [0.717, 1.165) is 5.75 Å². The van der Waals surface area contributed by atoms with Crippen LogP contribution in [-0.2, 0) is 0 Å². The zero-order chi connectivity index (χ0) is 9.90. The number of halogens is 1. The SMILES string of the molecule is C#CC(C)(C)Oc1ccc(I)cc1. The molecule has 0 atom stereocenters. The fourth-order valence-electron chi connectivity index (χ4n) is 0.827. The lowest BCUT2D eigenvalue weighted by atomic mass is 10.1. The van der Waals surface area contributed by atoms with Gasteiger partial charge in [0.05, 0.1) is 0 Å². The van der Waals surface area contributed by atoms with Gasteiger partial charge in [0.15, 0.2) is 5.60 Å². The van der Waals surface area contributed by atoms with Crippen molar-refractivity contribution >= 4 is 22.6 Å². The Balaban J connectivity index is 2.77. The predicted molar refractivity (Wildman–Crippen MR) is 62.7 cm³/mol. The molecule has 0 spiro atoms. The highest BCUT2D eigenvalue weighted by Crippen LogP contribution is 2.18. The molecule has 0 bridgehead atoms. The molecule has 0 aliphatic heterocycles. The number of terminal acetylenes is 1. The maximum Gasteiger partial charge on any atom is 0.163 e. The Morgan fingerprint density at radius 2 is 1.85 bits per heavy atom. The molecular formula is C11H11IO. The van der Waals surface area contributed by atoms with Gasteiger partial charge in [0.1, 0.15) is 5.75 Å². The molecule has 1 rings (SSSR count). The van der Waals surface area contributed by atoms with E-state index in [1.165, 1.54) is 3.57 Å². The minimum absolute atomic E-state index is 0.535. The minimum Gasteiger partial charge on any atom is -0.475 e. The zero-order valence-corrected chi connectivity index (χ0v) is 9.83. The molecule has 0 saturated carbocycles. The average Bonchev–Trinajstić information content (AvgIpc) is 2.09. The Kier molecular flexibility index (Phi) is 3.21. The highest BCUT2D eigenvalue weighted by atomic mass is 127. The molecule has 1 aromatic rings. The Morgan fingerprint density at radius 3 is 2.31 bits per heavy atom. The van der Waals surface area contributed by atoms with Crippen molar-refractivity contribution in [2.75, 3.05) is 0 Å². The van der Waals surface area contributed by atoms with Crippen molar-refractivity contribution < 1.29 is 4.74 Å². The van der Waals surface area contributed by atoms with Crippen molar-refractivity contribution in [3.05, 3.63) is 27.8 Å². The average molecular weight is 286 g/mol. The molecule has 0 amide bonds. The first-order chi connectivity index (χ1) is 6.03. The number of hydrogen-bond acceptors (Lipinski definition) is 1. The molecule has 0 heterocycles. The monoisotopic (exact) mass is 286 g/mol. The highest BCUT2D eigenvalue weighted by Gasteiger charge is 2.14. The molecule has 0 radical (unpaired) electrons. The summed E-state index contributed by atoms with van der Waals surface area (Å²) in [5.41, 5.74) is -0.535. The number of ether oxygens (including phenoxy) is 1. The van der Waals surface area contributed by atoms with Crippen LogP contribution in [0.2, 0.25) is 0 Å². The van der Waals surface area contributed by atoms with E-state index in [1.807, 2.05) is 38.1 Å². The van der Waals surface area contributed by atoms with Crippen LogP contribution in [0.4, 0.5) is 0 Å². The van der Waals surface area contributed by atoms with Gasteiger partial charge in [0.25, 0.3) is 0 Å². The molecule has 0 saturated heterocycles. The van der Waals surface area contributed by atoms with E-state index in [4.69, 9.17) is 11.2 Å². The van der Waals surface area contributed by atoms with E-state index in [-0.39, 0.29) is 0 Å². The van der Waals surface area contributed by atoms with Gasteiger partial charge in [-0.25, -0.2) is 0 Å². The first-order valence-electron chi connectivity index (χ1n) is 3.96. The van der Waals surface area contributed by atoms with Crippen LogP contribution in [0.25, 0.3) is 0 Å². The lowest BCUT2D eigenvalue weighted by molar-refractivity contribution is 0.172. The quantitative estimate of drug-likeness (QED) is 0.599. The van der Waals surface area contributed by atoms with E-state index in [1.54, 1.807) is 0 Å². The summed E-state index contributed by atoms with van der Waals surface area (Å²) in [6.07, 6.45) is 5.31. The first-order valence-corrected chi connectivity index (χ1v) is 5.04. The van der Waals surface area contributed by atoms with E-state index in [0.29, 0.717) is 0 Å².